The molecule has 0 spiro atoms. The Labute approximate surface area is 87.1 Å². The number of rotatable bonds is 4. The maximum Gasteiger partial charge on any atom is 0.0172 e. The fourth-order valence-electron chi connectivity index (χ4n) is 1.52. The molecule has 1 N–H and O–H groups in total. The van der Waals surface area contributed by atoms with E-state index in [4.69, 9.17) is 0 Å². The number of hydrogen-bond acceptors (Lipinski definition) is 2. The maximum atomic E-state index is 3.63. The summed E-state index contributed by atoms with van der Waals surface area (Å²) < 4.78 is 0. The van der Waals surface area contributed by atoms with Gasteiger partial charge in [0, 0.05) is 17.8 Å². The van der Waals surface area contributed by atoms with Crippen LogP contribution in [0.2, 0.25) is 0 Å². The molecule has 2 unspecified atom stereocenters. The lowest BCUT2D eigenvalue weighted by Gasteiger charge is -2.25. The van der Waals surface area contributed by atoms with Crippen LogP contribution in [0, 0.1) is 5.92 Å². The summed E-state index contributed by atoms with van der Waals surface area (Å²) in [6.45, 7) is 8.07. The second kappa shape index (κ2) is 5.92. The summed E-state index contributed by atoms with van der Waals surface area (Å²) in [5.74, 6) is 2.14. The van der Waals surface area contributed by atoms with Gasteiger partial charge in [0.05, 0.1) is 0 Å². The van der Waals surface area contributed by atoms with Crippen LogP contribution >= 0.6 is 11.8 Å². The highest BCUT2D eigenvalue weighted by molar-refractivity contribution is 7.99. The van der Waals surface area contributed by atoms with Crippen molar-refractivity contribution in [3.63, 3.8) is 0 Å². The Morgan fingerprint density at radius 1 is 1.31 bits per heavy atom. The summed E-state index contributed by atoms with van der Waals surface area (Å²) in [4.78, 5) is 0. The lowest BCUT2D eigenvalue weighted by Crippen LogP contribution is -2.36. The number of thioether (sulfide) groups is 1. The van der Waals surface area contributed by atoms with Crippen molar-refractivity contribution in [2.24, 2.45) is 5.92 Å². The van der Waals surface area contributed by atoms with Crippen molar-refractivity contribution < 1.29 is 0 Å². The molecule has 1 rings (SSSR count). The molecular formula is C11H23NS. The Bertz CT molecular complexity index is 130. The average Bonchev–Trinajstić information content (AvgIpc) is 2.15. The van der Waals surface area contributed by atoms with Gasteiger partial charge in [0.2, 0.25) is 0 Å². The summed E-state index contributed by atoms with van der Waals surface area (Å²) >= 11 is 2.15. The zero-order valence-electron chi connectivity index (χ0n) is 9.18. The van der Waals surface area contributed by atoms with E-state index < -0.39 is 0 Å². The van der Waals surface area contributed by atoms with Crippen molar-refractivity contribution in [2.45, 2.75) is 51.3 Å². The predicted octanol–water partition coefficient (Wildman–Crippen LogP) is 2.91. The Morgan fingerprint density at radius 2 is 2.08 bits per heavy atom. The molecule has 2 heteroatoms. The smallest absolute Gasteiger partial charge is 0.0172 e. The molecule has 13 heavy (non-hydrogen) atoms. The van der Waals surface area contributed by atoms with Crippen molar-refractivity contribution in [1.82, 2.24) is 5.32 Å². The van der Waals surface area contributed by atoms with Crippen LogP contribution in [0.25, 0.3) is 0 Å². The summed E-state index contributed by atoms with van der Waals surface area (Å²) in [6, 6.07) is 0.669. The number of hydrogen-bond donors (Lipinski definition) is 1. The van der Waals surface area contributed by atoms with E-state index in [1.807, 2.05) is 0 Å². The van der Waals surface area contributed by atoms with Crippen molar-refractivity contribution in [2.75, 3.05) is 12.3 Å². The van der Waals surface area contributed by atoms with Crippen LogP contribution < -0.4 is 5.32 Å². The van der Waals surface area contributed by atoms with Gasteiger partial charge in [0.15, 0.2) is 0 Å². The molecule has 1 nitrogen and oxygen atoms in total. The molecule has 0 aromatic rings. The molecule has 0 aromatic heterocycles. The minimum atomic E-state index is 0.669. The van der Waals surface area contributed by atoms with E-state index in [-0.39, 0.29) is 0 Å². The van der Waals surface area contributed by atoms with E-state index >= 15 is 0 Å². The van der Waals surface area contributed by atoms with Crippen LogP contribution in [-0.2, 0) is 0 Å². The Hall–Kier alpha value is 0.310. The fraction of sp³-hybridized carbons (Fsp3) is 1.00. The van der Waals surface area contributed by atoms with Gasteiger partial charge in [-0.3, -0.25) is 0 Å². The molecule has 0 bridgehead atoms. The Morgan fingerprint density at radius 3 is 2.62 bits per heavy atom. The van der Waals surface area contributed by atoms with Crippen LogP contribution in [0.4, 0.5) is 0 Å². The lowest BCUT2D eigenvalue weighted by atomic mass is 10.1. The molecule has 1 aliphatic heterocycles. The van der Waals surface area contributed by atoms with Gasteiger partial charge < -0.3 is 5.32 Å². The minimum Gasteiger partial charge on any atom is -0.313 e. The molecule has 0 amide bonds. The molecule has 0 aliphatic carbocycles. The number of nitrogens with one attached hydrogen (secondary N) is 1. The third-order valence-corrected chi connectivity index (χ3v) is 4.34. The highest BCUT2D eigenvalue weighted by Gasteiger charge is 2.15. The molecule has 0 aromatic carbocycles. The standard InChI is InChI=1S/C11H23NS/c1-9(2)10(3)12-8-11-6-4-5-7-13-11/h9-12H,4-8H2,1-3H3. The molecule has 1 saturated heterocycles. The second-order valence-corrected chi connectivity index (χ2v) is 5.84. The highest BCUT2D eigenvalue weighted by atomic mass is 32.2. The molecule has 78 valence electrons. The quantitative estimate of drug-likeness (QED) is 0.750. The molecule has 1 aliphatic rings. The van der Waals surface area contributed by atoms with Crippen molar-refractivity contribution in [3.8, 4) is 0 Å². The Balaban J connectivity index is 2.10. The third kappa shape index (κ3) is 4.37. The van der Waals surface area contributed by atoms with Gasteiger partial charge in [-0.2, -0.15) is 11.8 Å². The van der Waals surface area contributed by atoms with E-state index in [2.05, 4.69) is 37.8 Å². The van der Waals surface area contributed by atoms with Crippen LogP contribution in [0.5, 0.6) is 0 Å². The molecule has 1 heterocycles. The molecule has 2 atom stereocenters. The zero-order valence-corrected chi connectivity index (χ0v) is 9.99. The monoisotopic (exact) mass is 201 g/mol. The van der Waals surface area contributed by atoms with Gasteiger partial charge in [0.1, 0.15) is 0 Å². The molecular weight excluding hydrogens is 178 g/mol. The maximum absolute atomic E-state index is 3.63. The molecule has 1 fully saturated rings. The van der Waals surface area contributed by atoms with Gasteiger partial charge in [-0.15, -0.1) is 0 Å². The summed E-state index contributed by atoms with van der Waals surface area (Å²) in [6.07, 6.45) is 4.29. The van der Waals surface area contributed by atoms with Gasteiger partial charge in [-0.25, -0.2) is 0 Å². The van der Waals surface area contributed by atoms with E-state index in [0.29, 0.717) is 6.04 Å². The lowest BCUT2D eigenvalue weighted by molar-refractivity contribution is 0.421. The first-order valence-corrected chi connectivity index (χ1v) is 6.60. The van der Waals surface area contributed by atoms with Gasteiger partial charge in [-0.1, -0.05) is 20.3 Å². The first kappa shape index (κ1) is 11.4. The van der Waals surface area contributed by atoms with Gasteiger partial charge >= 0.3 is 0 Å². The van der Waals surface area contributed by atoms with E-state index in [9.17, 15) is 0 Å². The summed E-state index contributed by atoms with van der Waals surface area (Å²) in [5.41, 5.74) is 0. The zero-order chi connectivity index (χ0) is 9.68. The van der Waals surface area contributed by atoms with Crippen LogP contribution in [-0.4, -0.2) is 23.6 Å². The molecule has 0 saturated carbocycles. The van der Waals surface area contributed by atoms with Crippen LogP contribution in [0.1, 0.15) is 40.0 Å². The fourth-order valence-corrected chi connectivity index (χ4v) is 2.77. The van der Waals surface area contributed by atoms with Gasteiger partial charge in [0.25, 0.3) is 0 Å². The first-order chi connectivity index (χ1) is 6.20. The minimum absolute atomic E-state index is 0.669. The predicted molar refractivity (Wildman–Crippen MR) is 62.4 cm³/mol. The Kier molecular flexibility index (Phi) is 5.18. The van der Waals surface area contributed by atoms with Crippen LogP contribution in [0.3, 0.4) is 0 Å². The molecule has 0 radical (unpaired) electrons. The largest absolute Gasteiger partial charge is 0.313 e. The normalized spacial score (nSPS) is 26.3. The highest BCUT2D eigenvalue weighted by Crippen LogP contribution is 2.24. The summed E-state index contributed by atoms with van der Waals surface area (Å²) in [7, 11) is 0. The average molecular weight is 201 g/mol. The SMILES string of the molecule is CC(C)C(C)NCC1CCCCS1. The van der Waals surface area contributed by atoms with E-state index in [0.717, 1.165) is 11.2 Å². The third-order valence-electron chi connectivity index (χ3n) is 2.94. The van der Waals surface area contributed by atoms with E-state index in [1.165, 1.54) is 31.6 Å². The van der Waals surface area contributed by atoms with Crippen LogP contribution in [0.15, 0.2) is 0 Å². The summed E-state index contributed by atoms with van der Waals surface area (Å²) in [5, 5.41) is 4.52. The second-order valence-electron chi connectivity index (χ2n) is 4.43. The van der Waals surface area contributed by atoms with Crippen molar-refractivity contribution in [3.05, 3.63) is 0 Å². The first-order valence-electron chi connectivity index (χ1n) is 5.55. The van der Waals surface area contributed by atoms with E-state index in [1.54, 1.807) is 0 Å². The van der Waals surface area contributed by atoms with Gasteiger partial charge in [-0.05, 0) is 31.4 Å². The van der Waals surface area contributed by atoms with Crippen molar-refractivity contribution in [1.29, 1.82) is 0 Å². The van der Waals surface area contributed by atoms with Crippen molar-refractivity contribution >= 4 is 11.8 Å². The topological polar surface area (TPSA) is 12.0 Å².